The van der Waals surface area contributed by atoms with E-state index in [0.717, 1.165) is 25.8 Å². The molecule has 0 aliphatic carbocycles. The Hall–Kier alpha value is -3.43. The number of fused-ring (bicyclic) bond motifs is 1. The number of carbonyl (C=O) groups is 1. The van der Waals surface area contributed by atoms with Crippen molar-refractivity contribution < 1.29 is 9.72 Å². The normalized spacial score (nSPS) is 11.2. The maximum Gasteiger partial charge on any atom is 0.281 e. The number of aryl methyl sites for hydroxylation is 1. The summed E-state index contributed by atoms with van der Waals surface area (Å²) in [5.74, 6) is -0.507. The molecule has 1 aromatic heterocycles. The molecule has 0 atom stereocenters. The Bertz CT molecular complexity index is 1320. The van der Waals surface area contributed by atoms with Crippen LogP contribution in [0.5, 0.6) is 0 Å². The summed E-state index contributed by atoms with van der Waals surface area (Å²) in [5, 5.41) is 17.1. The van der Waals surface area contributed by atoms with Gasteiger partial charge in [-0.25, -0.2) is 4.98 Å². The van der Waals surface area contributed by atoms with E-state index < -0.39 is 10.8 Å². The zero-order valence-corrected chi connectivity index (χ0v) is 18.6. The van der Waals surface area contributed by atoms with Crippen molar-refractivity contribution in [1.29, 1.82) is 0 Å². The van der Waals surface area contributed by atoms with Gasteiger partial charge in [-0.2, -0.15) is 10.1 Å². The first-order chi connectivity index (χ1) is 14.9. The molecule has 31 heavy (non-hydrogen) atoms. The monoisotopic (exact) mass is 494 g/mol. The number of amides is 1. The lowest BCUT2D eigenvalue weighted by atomic mass is 10.2. The molecule has 0 N–H and O–H groups in total. The summed E-state index contributed by atoms with van der Waals surface area (Å²) in [7, 11) is 0. The number of nitro groups is 1. The second-order valence-electron chi connectivity index (χ2n) is 6.69. The molecule has 0 aliphatic heterocycles. The highest BCUT2D eigenvalue weighted by Gasteiger charge is 2.22. The molecular formula is C22H15BrN4O3S. The lowest BCUT2D eigenvalue weighted by Crippen LogP contribution is -2.25. The zero-order valence-electron chi connectivity index (χ0n) is 16.2. The Kier molecular flexibility index (Phi) is 5.88. The summed E-state index contributed by atoms with van der Waals surface area (Å²) in [6.45, 7) is 1.98. The number of aromatic nitrogens is 1. The van der Waals surface area contributed by atoms with Crippen molar-refractivity contribution in [1.82, 2.24) is 4.98 Å². The van der Waals surface area contributed by atoms with Crippen molar-refractivity contribution in [3.8, 4) is 0 Å². The van der Waals surface area contributed by atoms with Crippen molar-refractivity contribution in [2.45, 2.75) is 6.92 Å². The van der Waals surface area contributed by atoms with Gasteiger partial charge in [0.25, 0.3) is 11.6 Å². The summed E-state index contributed by atoms with van der Waals surface area (Å²) >= 11 is 4.72. The molecule has 0 saturated heterocycles. The van der Waals surface area contributed by atoms with Crippen LogP contribution in [0.2, 0.25) is 0 Å². The minimum absolute atomic E-state index is 0.151. The minimum Gasteiger partial charge on any atom is -0.267 e. The Morgan fingerprint density at radius 2 is 1.94 bits per heavy atom. The van der Waals surface area contributed by atoms with Gasteiger partial charge in [0.2, 0.25) is 5.13 Å². The van der Waals surface area contributed by atoms with E-state index in [0.29, 0.717) is 5.13 Å². The fourth-order valence-corrected chi connectivity index (χ4v) is 4.13. The third-order valence-electron chi connectivity index (χ3n) is 4.40. The number of hydrogen-bond acceptors (Lipinski definition) is 6. The number of hydrogen-bond donors (Lipinski definition) is 0. The van der Waals surface area contributed by atoms with Crippen LogP contribution in [0.3, 0.4) is 0 Å². The molecule has 0 fully saturated rings. The van der Waals surface area contributed by atoms with Crippen LogP contribution in [0, 0.1) is 17.0 Å². The fraction of sp³-hybridized carbons (Fsp3) is 0.0455. The number of non-ortho nitro benzene ring substituents is 1. The van der Waals surface area contributed by atoms with Gasteiger partial charge in [0.05, 0.1) is 21.4 Å². The molecule has 0 spiro atoms. The zero-order chi connectivity index (χ0) is 22.0. The van der Waals surface area contributed by atoms with Crippen molar-refractivity contribution >= 4 is 60.4 Å². The first-order valence-corrected chi connectivity index (χ1v) is 10.8. The summed E-state index contributed by atoms with van der Waals surface area (Å²) in [6.07, 6.45) is 1.55. The summed E-state index contributed by atoms with van der Waals surface area (Å²) in [5.41, 5.74) is 2.61. The molecule has 4 aromatic rings. The second-order valence-corrected chi connectivity index (χ2v) is 8.61. The van der Waals surface area contributed by atoms with E-state index in [-0.39, 0.29) is 11.3 Å². The molecule has 0 saturated carbocycles. The van der Waals surface area contributed by atoms with Crippen LogP contribution in [0.25, 0.3) is 10.2 Å². The molecule has 0 radical (unpaired) electrons. The summed E-state index contributed by atoms with van der Waals surface area (Å²) < 4.78 is 1.85. The average Bonchev–Trinajstić information content (AvgIpc) is 3.18. The number of carbonyl (C=O) groups excluding carboxylic acids is 1. The number of hydrazone groups is 1. The van der Waals surface area contributed by atoms with Crippen LogP contribution in [0.4, 0.5) is 10.8 Å². The van der Waals surface area contributed by atoms with Crippen LogP contribution < -0.4 is 5.01 Å². The van der Waals surface area contributed by atoms with Crippen LogP contribution >= 0.6 is 27.3 Å². The van der Waals surface area contributed by atoms with Gasteiger partial charge < -0.3 is 0 Å². The molecule has 3 aromatic carbocycles. The second kappa shape index (κ2) is 8.75. The number of nitro benzene ring substituents is 1. The van der Waals surface area contributed by atoms with Crippen LogP contribution in [0.15, 0.2) is 76.3 Å². The highest BCUT2D eigenvalue weighted by Crippen LogP contribution is 2.31. The van der Waals surface area contributed by atoms with Crippen LogP contribution in [-0.4, -0.2) is 22.0 Å². The first-order valence-electron chi connectivity index (χ1n) is 9.16. The van der Waals surface area contributed by atoms with Gasteiger partial charge in [-0.15, -0.1) is 0 Å². The SMILES string of the molecule is Cc1ccc2nc(N(/N=C/c3ccc(Br)cc3)C(=O)c3cccc([N+](=O)[O-])c3)sc2c1. The molecule has 0 bridgehead atoms. The van der Waals surface area contributed by atoms with Gasteiger partial charge in [0.15, 0.2) is 0 Å². The number of halogens is 1. The van der Waals surface area contributed by atoms with Gasteiger partial charge in [-0.1, -0.05) is 51.5 Å². The number of anilines is 1. The van der Waals surface area contributed by atoms with Gasteiger partial charge >= 0.3 is 0 Å². The summed E-state index contributed by atoms with van der Waals surface area (Å²) in [4.78, 5) is 28.4. The van der Waals surface area contributed by atoms with Crippen LogP contribution in [0.1, 0.15) is 21.5 Å². The van der Waals surface area contributed by atoms with Gasteiger partial charge in [-0.3, -0.25) is 14.9 Å². The van der Waals surface area contributed by atoms with E-state index in [1.165, 1.54) is 40.6 Å². The smallest absolute Gasteiger partial charge is 0.267 e. The Morgan fingerprint density at radius 1 is 1.16 bits per heavy atom. The predicted octanol–water partition coefficient (Wildman–Crippen LogP) is 5.96. The lowest BCUT2D eigenvalue weighted by molar-refractivity contribution is -0.384. The van der Waals surface area contributed by atoms with E-state index in [1.807, 2.05) is 49.4 Å². The van der Waals surface area contributed by atoms with Crippen molar-refractivity contribution in [2.75, 3.05) is 5.01 Å². The average molecular weight is 495 g/mol. The number of thiazole rings is 1. The maximum absolute atomic E-state index is 13.3. The van der Waals surface area contributed by atoms with E-state index in [4.69, 9.17) is 0 Å². The van der Waals surface area contributed by atoms with Crippen molar-refractivity contribution in [3.05, 3.63) is 98.0 Å². The maximum atomic E-state index is 13.3. The molecule has 0 unspecified atom stereocenters. The standard InChI is InChI=1S/C22H15BrN4O3S/c1-14-5-10-19-20(11-14)31-22(25-19)26(24-13-15-6-8-17(23)9-7-15)21(28)16-3-2-4-18(12-16)27(29)30/h2-13H,1H3/b24-13+. The van der Waals surface area contributed by atoms with Crippen molar-refractivity contribution in [3.63, 3.8) is 0 Å². The van der Waals surface area contributed by atoms with E-state index >= 15 is 0 Å². The number of rotatable bonds is 5. The molecule has 7 nitrogen and oxygen atoms in total. The van der Waals surface area contributed by atoms with Gasteiger partial charge in [-0.05, 0) is 48.4 Å². The van der Waals surface area contributed by atoms with E-state index in [9.17, 15) is 14.9 Å². The molecule has 1 heterocycles. The predicted molar refractivity (Wildman–Crippen MR) is 126 cm³/mol. The minimum atomic E-state index is -0.535. The molecule has 4 rings (SSSR count). The van der Waals surface area contributed by atoms with Gasteiger partial charge in [0.1, 0.15) is 0 Å². The number of benzene rings is 3. The Balaban J connectivity index is 1.77. The highest BCUT2D eigenvalue weighted by molar-refractivity contribution is 9.10. The van der Waals surface area contributed by atoms with E-state index in [2.05, 4.69) is 26.0 Å². The highest BCUT2D eigenvalue weighted by atomic mass is 79.9. The molecular weight excluding hydrogens is 480 g/mol. The Labute approximate surface area is 189 Å². The third kappa shape index (κ3) is 4.68. The molecule has 1 amide bonds. The fourth-order valence-electron chi connectivity index (χ4n) is 2.85. The Morgan fingerprint density at radius 3 is 2.68 bits per heavy atom. The first kappa shape index (κ1) is 20.8. The van der Waals surface area contributed by atoms with Gasteiger partial charge in [0, 0.05) is 22.2 Å². The third-order valence-corrected chi connectivity index (χ3v) is 5.92. The lowest BCUT2D eigenvalue weighted by Gasteiger charge is -2.13. The summed E-state index contributed by atoms with van der Waals surface area (Å²) in [6, 6.07) is 18.8. The molecule has 0 aliphatic rings. The topological polar surface area (TPSA) is 88.7 Å². The van der Waals surface area contributed by atoms with Crippen LogP contribution in [-0.2, 0) is 0 Å². The van der Waals surface area contributed by atoms with Crippen molar-refractivity contribution in [2.24, 2.45) is 5.10 Å². The quantitative estimate of drug-likeness (QED) is 0.194. The molecule has 154 valence electrons. The largest absolute Gasteiger partial charge is 0.281 e. The number of nitrogens with zero attached hydrogens (tertiary/aromatic N) is 4. The van der Waals surface area contributed by atoms with E-state index in [1.54, 1.807) is 6.21 Å². The molecule has 9 heteroatoms.